The number of piperidine rings is 3. The number of hydrogen-bond acceptors (Lipinski definition) is 5. The minimum atomic E-state index is 0.190. The molecule has 2 aromatic rings. The van der Waals surface area contributed by atoms with E-state index in [1.807, 2.05) is 6.92 Å². The van der Waals surface area contributed by atoms with Crippen LogP contribution in [-0.4, -0.2) is 53.5 Å². The van der Waals surface area contributed by atoms with Crippen molar-refractivity contribution in [3.05, 3.63) is 45.9 Å². The molecule has 6 heteroatoms. The lowest BCUT2D eigenvalue weighted by Crippen LogP contribution is -2.60. The van der Waals surface area contributed by atoms with Crippen molar-refractivity contribution in [2.24, 2.45) is 11.8 Å². The van der Waals surface area contributed by atoms with Crippen molar-refractivity contribution in [1.82, 2.24) is 14.8 Å². The van der Waals surface area contributed by atoms with Crippen molar-refractivity contribution >= 4 is 17.2 Å². The van der Waals surface area contributed by atoms with E-state index < -0.39 is 0 Å². The molecule has 4 heterocycles. The van der Waals surface area contributed by atoms with Gasteiger partial charge in [0.25, 0.3) is 5.91 Å². The predicted molar refractivity (Wildman–Crippen MR) is 114 cm³/mol. The van der Waals surface area contributed by atoms with E-state index >= 15 is 0 Å². The summed E-state index contributed by atoms with van der Waals surface area (Å²) in [7, 11) is 1.72. The molecule has 3 fully saturated rings. The summed E-state index contributed by atoms with van der Waals surface area (Å²) in [5, 5.41) is 0. The molecule has 29 heavy (non-hydrogen) atoms. The zero-order chi connectivity index (χ0) is 20.0. The first-order valence-electron chi connectivity index (χ1n) is 10.7. The van der Waals surface area contributed by atoms with Crippen molar-refractivity contribution in [2.45, 2.75) is 44.7 Å². The Bertz CT molecular complexity index is 881. The number of thiazole rings is 1. The second kappa shape index (κ2) is 7.73. The SMILES string of the molecule is COc1ccc([C@H]2CCC[C@H]3[C@@H]4C[C@@H](CN(C(=O)c5scnc5C)C4)CN23)cc1. The Morgan fingerprint density at radius 1 is 1.17 bits per heavy atom. The van der Waals surface area contributed by atoms with E-state index in [0.717, 1.165) is 36.0 Å². The molecule has 154 valence electrons. The lowest BCUT2D eigenvalue weighted by Gasteiger charge is -2.55. The molecule has 0 unspecified atom stereocenters. The first kappa shape index (κ1) is 19.1. The van der Waals surface area contributed by atoms with Crippen LogP contribution in [0, 0.1) is 18.8 Å². The van der Waals surface area contributed by atoms with Crippen LogP contribution in [0.4, 0.5) is 0 Å². The predicted octanol–water partition coefficient (Wildman–Crippen LogP) is 4.15. The van der Waals surface area contributed by atoms with Crippen molar-refractivity contribution in [3.8, 4) is 5.75 Å². The number of carbonyl (C=O) groups is 1. The average molecular weight is 412 g/mol. The summed E-state index contributed by atoms with van der Waals surface area (Å²) in [6, 6.07) is 9.72. The summed E-state index contributed by atoms with van der Waals surface area (Å²) >= 11 is 1.48. The number of amides is 1. The highest BCUT2D eigenvalue weighted by atomic mass is 32.1. The fourth-order valence-corrected chi connectivity index (χ4v) is 6.58. The van der Waals surface area contributed by atoms with Gasteiger partial charge >= 0.3 is 0 Å². The average Bonchev–Trinajstić information content (AvgIpc) is 3.18. The van der Waals surface area contributed by atoms with Crippen molar-refractivity contribution < 1.29 is 9.53 Å². The molecule has 2 bridgehead atoms. The molecule has 1 aromatic heterocycles. The maximum Gasteiger partial charge on any atom is 0.265 e. The van der Waals surface area contributed by atoms with Crippen molar-refractivity contribution in [3.63, 3.8) is 0 Å². The van der Waals surface area contributed by atoms with Gasteiger partial charge in [0.15, 0.2) is 0 Å². The Morgan fingerprint density at radius 3 is 2.72 bits per heavy atom. The van der Waals surface area contributed by atoms with Gasteiger partial charge in [-0.3, -0.25) is 9.69 Å². The van der Waals surface area contributed by atoms with Crippen LogP contribution in [-0.2, 0) is 0 Å². The van der Waals surface area contributed by atoms with Crippen molar-refractivity contribution in [2.75, 3.05) is 26.7 Å². The van der Waals surface area contributed by atoms with Crippen molar-refractivity contribution in [1.29, 1.82) is 0 Å². The third kappa shape index (κ3) is 3.46. The van der Waals surface area contributed by atoms with E-state index in [1.54, 1.807) is 12.6 Å². The summed E-state index contributed by atoms with van der Waals surface area (Å²) in [5.74, 6) is 2.27. The second-order valence-corrected chi connectivity index (χ2v) is 9.68. The number of aromatic nitrogens is 1. The number of fused-ring (bicyclic) bond motifs is 4. The molecule has 0 aliphatic carbocycles. The van der Waals surface area contributed by atoms with Crippen LogP contribution in [0.3, 0.4) is 0 Å². The van der Waals surface area contributed by atoms with Gasteiger partial charge in [0.1, 0.15) is 10.6 Å². The normalized spacial score (nSPS) is 29.4. The van der Waals surface area contributed by atoms with Crippen LogP contribution in [0.1, 0.15) is 52.7 Å². The minimum Gasteiger partial charge on any atom is -0.497 e. The van der Waals surface area contributed by atoms with E-state index in [9.17, 15) is 4.79 Å². The van der Waals surface area contributed by atoms with Crippen LogP contribution in [0.15, 0.2) is 29.8 Å². The molecule has 5 nitrogen and oxygen atoms in total. The maximum atomic E-state index is 13.1. The smallest absolute Gasteiger partial charge is 0.265 e. The van der Waals surface area contributed by atoms with E-state index in [-0.39, 0.29) is 5.91 Å². The number of ether oxygens (including phenoxy) is 1. The molecule has 0 saturated carbocycles. The van der Waals surface area contributed by atoms with Gasteiger partial charge in [0, 0.05) is 31.7 Å². The quantitative estimate of drug-likeness (QED) is 0.761. The number of hydrogen-bond donors (Lipinski definition) is 0. The highest BCUT2D eigenvalue weighted by molar-refractivity contribution is 7.11. The summed E-state index contributed by atoms with van der Waals surface area (Å²) < 4.78 is 5.34. The molecule has 4 atom stereocenters. The fraction of sp³-hybridized carbons (Fsp3) is 0.565. The van der Waals surface area contributed by atoms with Crippen LogP contribution in [0.2, 0.25) is 0 Å². The lowest BCUT2D eigenvalue weighted by molar-refractivity contribution is -0.0510. The zero-order valence-electron chi connectivity index (χ0n) is 17.2. The number of carbonyl (C=O) groups excluding carboxylic acids is 1. The minimum absolute atomic E-state index is 0.190. The Morgan fingerprint density at radius 2 is 2.00 bits per heavy atom. The molecular weight excluding hydrogens is 382 g/mol. The second-order valence-electron chi connectivity index (χ2n) is 8.82. The van der Waals surface area contributed by atoms with Crippen LogP contribution in [0.5, 0.6) is 5.75 Å². The number of likely N-dealkylation sites (tertiary alicyclic amines) is 1. The molecule has 1 amide bonds. The van der Waals surface area contributed by atoms with Gasteiger partial charge in [-0.25, -0.2) is 4.98 Å². The molecule has 1 aromatic carbocycles. The summed E-state index contributed by atoms with van der Waals surface area (Å²) in [6.07, 6.45) is 5.01. The number of methoxy groups -OCH3 is 1. The molecule has 0 radical (unpaired) electrons. The molecule has 0 spiro atoms. The number of aryl methyl sites for hydroxylation is 1. The molecule has 3 aliphatic heterocycles. The van der Waals surface area contributed by atoms with Gasteiger partial charge < -0.3 is 9.64 Å². The molecule has 5 rings (SSSR count). The Hall–Kier alpha value is -1.92. The first-order valence-corrected chi connectivity index (χ1v) is 11.6. The van der Waals surface area contributed by atoms with Gasteiger partial charge in [0.2, 0.25) is 0 Å². The van der Waals surface area contributed by atoms with Gasteiger partial charge in [0.05, 0.1) is 18.3 Å². The van der Waals surface area contributed by atoms with Gasteiger partial charge in [-0.15, -0.1) is 11.3 Å². The molecular formula is C23H29N3O2S. The highest BCUT2D eigenvalue weighted by Gasteiger charge is 2.46. The Labute approximate surface area is 176 Å². The van der Waals surface area contributed by atoms with Gasteiger partial charge in [-0.05, 0) is 62.1 Å². The maximum absolute atomic E-state index is 13.1. The monoisotopic (exact) mass is 411 g/mol. The Balaban J connectivity index is 1.35. The molecule has 3 aliphatic rings. The Kier molecular flexibility index (Phi) is 5.08. The van der Waals surface area contributed by atoms with E-state index in [0.29, 0.717) is 23.9 Å². The van der Waals surface area contributed by atoms with Gasteiger partial charge in [-0.1, -0.05) is 12.1 Å². The van der Waals surface area contributed by atoms with Gasteiger partial charge in [-0.2, -0.15) is 0 Å². The number of rotatable bonds is 3. The summed E-state index contributed by atoms with van der Waals surface area (Å²) in [6.45, 7) is 4.81. The summed E-state index contributed by atoms with van der Waals surface area (Å²) in [4.78, 5) is 23.1. The number of nitrogens with zero attached hydrogens (tertiary/aromatic N) is 3. The molecule has 3 saturated heterocycles. The first-order chi connectivity index (χ1) is 14.1. The topological polar surface area (TPSA) is 45.7 Å². The fourth-order valence-electron chi connectivity index (χ4n) is 5.81. The van der Waals surface area contributed by atoms with E-state index in [1.165, 1.54) is 42.6 Å². The highest BCUT2D eigenvalue weighted by Crippen LogP contribution is 2.44. The van der Waals surface area contributed by atoms with Crippen LogP contribution in [0.25, 0.3) is 0 Å². The van der Waals surface area contributed by atoms with E-state index in [2.05, 4.69) is 39.0 Å². The molecule has 0 N–H and O–H groups in total. The third-order valence-corrected chi connectivity index (χ3v) is 8.03. The lowest BCUT2D eigenvalue weighted by atomic mass is 9.74. The van der Waals surface area contributed by atoms with Crippen LogP contribution < -0.4 is 4.74 Å². The zero-order valence-corrected chi connectivity index (χ0v) is 18.0. The third-order valence-electron chi connectivity index (χ3n) is 7.11. The van der Waals surface area contributed by atoms with E-state index in [4.69, 9.17) is 4.74 Å². The standard InChI is InChI=1S/C23H29N3O2S/c1-15-22(29-14-24-15)23(27)25-11-16-10-18(13-25)21-5-3-4-20(26(21)12-16)17-6-8-19(28-2)9-7-17/h6-9,14,16,18,20-21H,3-5,10-13H2,1-2H3/t16-,18+,20+,21-/m0/s1. The summed E-state index contributed by atoms with van der Waals surface area (Å²) in [5.41, 5.74) is 4.06. The largest absolute Gasteiger partial charge is 0.497 e. The van der Waals surface area contributed by atoms with Crippen LogP contribution >= 0.6 is 11.3 Å². The number of benzene rings is 1.